The minimum Gasteiger partial charge on any atom is -0.379 e. The summed E-state index contributed by atoms with van der Waals surface area (Å²) >= 11 is 0. The number of hydrogen-bond donors (Lipinski definition) is 1. The number of hydrogen-bond acceptors (Lipinski definition) is 5. The second-order valence-corrected chi connectivity index (χ2v) is 7.44. The number of carbonyl (C=O) groups is 1. The van der Waals surface area contributed by atoms with E-state index in [4.69, 9.17) is 19.7 Å². The number of azide groups is 1. The Hall–Kier alpha value is -1.78. The molecular weight excluding hydrogens is 372 g/mol. The van der Waals surface area contributed by atoms with Crippen molar-refractivity contribution in [2.24, 2.45) is 17.0 Å². The molecule has 0 aliphatic carbocycles. The molecule has 0 radical (unpaired) electrons. The second kappa shape index (κ2) is 19.5. The van der Waals surface area contributed by atoms with Crippen LogP contribution >= 0.6 is 0 Å². The SMILES string of the molecule is CC(C)C#CCNC(=O)CCOCCOCCOC(CCCCC(C)C)N=[N+]=[N-]. The van der Waals surface area contributed by atoms with E-state index >= 15 is 0 Å². The summed E-state index contributed by atoms with van der Waals surface area (Å²) in [4.78, 5) is 14.4. The van der Waals surface area contributed by atoms with E-state index in [0.717, 1.165) is 19.3 Å². The first-order chi connectivity index (χ1) is 14.0. The van der Waals surface area contributed by atoms with Crippen LogP contribution in [0.1, 0.15) is 59.8 Å². The van der Waals surface area contributed by atoms with Crippen LogP contribution in [-0.2, 0) is 19.0 Å². The molecule has 166 valence electrons. The first kappa shape index (κ1) is 27.2. The molecule has 1 N–H and O–H groups in total. The second-order valence-electron chi connectivity index (χ2n) is 7.44. The molecule has 0 bridgehead atoms. The Bertz CT molecular complexity index is 523. The molecule has 0 aliphatic heterocycles. The lowest BCUT2D eigenvalue weighted by atomic mass is 10.1. The normalized spacial score (nSPS) is 11.7. The van der Waals surface area contributed by atoms with Gasteiger partial charge in [-0.2, -0.15) is 0 Å². The Morgan fingerprint density at radius 2 is 1.69 bits per heavy atom. The summed E-state index contributed by atoms with van der Waals surface area (Å²) in [6, 6.07) is 0. The fourth-order valence-electron chi connectivity index (χ4n) is 2.32. The number of carbonyl (C=O) groups excluding carboxylic acids is 1. The topological polar surface area (TPSA) is 106 Å². The average Bonchev–Trinajstić information content (AvgIpc) is 2.66. The summed E-state index contributed by atoms with van der Waals surface area (Å²) in [5, 5.41) is 6.41. The maximum atomic E-state index is 11.6. The highest BCUT2D eigenvalue weighted by atomic mass is 16.5. The van der Waals surface area contributed by atoms with Crippen molar-refractivity contribution in [2.75, 3.05) is 39.6 Å². The van der Waals surface area contributed by atoms with Crippen LogP contribution in [-0.4, -0.2) is 51.7 Å². The lowest BCUT2D eigenvalue weighted by molar-refractivity contribution is -0.122. The van der Waals surface area contributed by atoms with Crippen molar-refractivity contribution < 1.29 is 19.0 Å². The maximum absolute atomic E-state index is 11.6. The Labute approximate surface area is 175 Å². The molecule has 0 heterocycles. The lowest BCUT2D eigenvalue weighted by Gasteiger charge is -2.13. The van der Waals surface area contributed by atoms with Crippen molar-refractivity contribution in [3.63, 3.8) is 0 Å². The molecule has 8 nitrogen and oxygen atoms in total. The zero-order chi connectivity index (χ0) is 21.7. The molecule has 1 atom stereocenters. The molecule has 0 aromatic rings. The zero-order valence-electron chi connectivity index (χ0n) is 18.5. The van der Waals surface area contributed by atoms with Crippen LogP contribution < -0.4 is 5.32 Å². The van der Waals surface area contributed by atoms with Gasteiger partial charge in [-0.1, -0.05) is 63.9 Å². The molecule has 0 saturated heterocycles. The van der Waals surface area contributed by atoms with Crippen molar-refractivity contribution in [2.45, 2.75) is 66.0 Å². The monoisotopic (exact) mass is 410 g/mol. The largest absolute Gasteiger partial charge is 0.379 e. The highest BCUT2D eigenvalue weighted by Crippen LogP contribution is 2.12. The Morgan fingerprint density at radius 3 is 2.34 bits per heavy atom. The van der Waals surface area contributed by atoms with Crippen molar-refractivity contribution >= 4 is 5.91 Å². The van der Waals surface area contributed by atoms with Crippen molar-refractivity contribution in [3.8, 4) is 11.8 Å². The average molecular weight is 411 g/mol. The molecule has 0 rings (SSSR count). The van der Waals surface area contributed by atoms with E-state index in [1.165, 1.54) is 6.42 Å². The fraction of sp³-hybridized carbons (Fsp3) is 0.857. The van der Waals surface area contributed by atoms with Crippen LogP contribution in [0.5, 0.6) is 0 Å². The van der Waals surface area contributed by atoms with Gasteiger partial charge in [0.25, 0.3) is 0 Å². The maximum Gasteiger partial charge on any atom is 0.223 e. The standard InChI is InChI=1S/C21H38N4O4/c1-18(2)8-5-6-10-21(24-25-22)29-17-16-28-15-14-27-13-11-20(26)23-12-7-9-19(3)4/h18-19,21H,5-6,8,10-17H2,1-4H3,(H,23,26). The third kappa shape index (κ3) is 20.8. The molecule has 0 aromatic carbocycles. The first-order valence-corrected chi connectivity index (χ1v) is 10.5. The van der Waals surface area contributed by atoms with E-state index < -0.39 is 6.23 Å². The molecular formula is C21H38N4O4. The van der Waals surface area contributed by atoms with E-state index in [9.17, 15) is 4.79 Å². The molecule has 29 heavy (non-hydrogen) atoms. The van der Waals surface area contributed by atoms with Gasteiger partial charge in [-0.3, -0.25) is 4.79 Å². The highest BCUT2D eigenvalue weighted by Gasteiger charge is 2.07. The van der Waals surface area contributed by atoms with Crippen molar-refractivity contribution in [3.05, 3.63) is 10.4 Å². The zero-order valence-corrected chi connectivity index (χ0v) is 18.5. The van der Waals surface area contributed by atoms with Gasteiger partial charge in [-0.05, 0) is 17.9 Å². The van der Waals surface area contributed by atoms with Gasteiger partial charge in [0.1, 0.15) is 6.23 Å². The number of nitrogens with one attached hydrogen (secondary N) is 1. The molecule has 0 fully saturated rings. The Balaban J connectivity index is 3.57. The number of ether oxygens (including phenoxy) is 3. The Morgan fingerprint density at radius 1 is 1.03 bits per heavy atom. The lowest BCUT2D eigenvalue weighted by Crippen LogP contribution is -2.25. The van der Waals surface area contributed by atoms with E-state index in [2.05, 4.69) is 41.0 Å². The quantitative estimate of drug-likeness (QED) is 0.128. The number of nitrogens with zero attached hydrogens (tertiary/aromatic N) is 3. The molecule has 8 heteroatoms. The number of rotatable bonds is 17. The third-order valence-electron chi connectivity index (χ3n) is 3.81. The van der Waals surface area contributed by atoms with E-state index in [0.29, 0.717) is 57.8 Å². The first-order valence-electron chi connectivity index (χ1n) is 10.5. The van der Waals surface area contributed by atoms with Gasteiger partial charge < -0.3 is 19.5 Å². The van der Waals surface area contributed by atoms with Gasteiger partial charge in [0.05, 0.1) is 39.6 Å². The van der Waals surface area contributed by atoms with Crippen molar-refractivity contribution in [1.29, 1.82) is 0 Å². The van der Waals surface area contributed by atoms with Gasteiger partial charge in [-0.15, -0.1) is 0 Å². The van der Waals surface area contributed by atoms with Gasteiger partial charge in [-0.25, -0.2) is 0 Å². The predicted molar refractivity (Wildman–Crippen MR) is 114 cm³/mol. The Kier molecular flexibility index (Phi) is 18.3. The van der Waals surface area contributed by atoms with Crippen LogP contribution in [0.3, 0.4) is 0 Å². The summed E-state index contributed by atoms with van der Waals surface area (Å²) in [5.74, 6) is 6.80. The van der Waals surface area contributed by atoms with Crippen LogP contribution in [0.25, 0.3) is 10.4 Å². The molecule has 0 saturated carbocycles. The summed E-state index contributed by atoms with van der Waals surface area (Å²) in [6.07, 6.45) is 3.85. The minimum atomic E-state index is -0.434. The smallest absolute Gasteiger partial charge is 0.223 e. The summed E-state index contributed by atoms with van der Waals surface area (Å²) in [5.41, 5.74) is 8.62. The van der Waals surface area contributed by atoms with Gasteiger partial charge in [0.2, 0.25) is 5.91 Å². The molecule has 0 aliphatic rings. The number of unbranched alkanes of at least 4 members (excludes halogenated alkanes) is 1. The van der Waals surface area contributed by atoms with Crippen LogP contribution in [0.15, 0.2) is 5.11 Å². The summed E-state index contributed by atoms with van der Waals surface area (Å²) in [7, 11) is 0. The summed E-state index contributed by atoms with van der Waals surface area (Å²) in [6.45, 7) is 10.7. The van der Waals surface area contributed by atoms with E-state index in [1.807, 2.05) is 13.8 Å². The van der Waals surface area contributed by atoms with E-state index in [-0.39, 0.29) is 5.91 Å². The molecule has 1 amide bonds. The van der Waals surface area contributed by atoms with Crippen LogP contribution in [0.2, 0.25) is 0 Å². The minimum absolute atomic E-state index is 0.0742. The van der Waals surface area contributed by atoms with Gasteiger partial charge in [0.15, 0.2) is 0 Å². The van der Waals surface area contributed by atoms with Gasteiger partial charge in [0, 0.05) is 17.3 Å². The van der Waals surface area contributed by atoms with E-state index in [1.54, 1.807) is 0 Å². The predicted octanol–water partition coefficient (Wildman–Crippen LogP) is 4.05. The van der Waals surface area contributed by atoms with Crippen molar-refractivity contribution in [1.82, 2.24) is 5.32 Å². The van der Waals surface area contributed by atoms with Crippen LogP contribution in [0.4, 0.5) is 0 Å². The summed E-state index contributed by atoms with van der Waals surface area (Å²) < 4.78 is 16.4. The fourth-order valence-corrected chi connectivity index (χ4v) is 2.32. The van der Waals surface area contributed by atoms with Gasteiger partial charge >= 0.3 is 0 Å². The number of amides is 1. The highest BCUT2D eigenvalue weighted by molar-refractivity contribution is 5.76. The third-order valence-corrected chi connectivity index (χ3v) is 3.81. The molecule has 1 unspecified atom stereocenters. The molecule has 0 spiro atoms. The molecule has 0 aromatic heterocycles. The van der Waals surface area contributed by atoms with Crippen LogP contribution in [0, 0.1) is 23.7 Å².